The van der Waals surface area contributed by atoms with E-state index < -0.39 is 5.82 Å². The van der Waals surface area contributed by atoms with Gasteiger partial charge in [0.1, 0.15) is 5.82 Å². The number of rotatable bonds is 4. The highest BCUT2D eigenvalue weighted by Crippen LogP contribution is 2.15. The Balaban J connectivity index is 2.80. The largest absolute Gasteiger partial charge is 0.311 e. The number of likely N-dealkylation sites (N-methyl/N-ethyl adjacent to an activating group) is 1. The second-order valence-corrected chi connectivity index (χ2v) is 3.83. The highest BCUT2D eigenvalue weighted by molar-refractivity contribution is 6.30. The van der Waals surface area contributed by atoms with Gasteiger partial charge in [0.25, 0.3) is 0 Å². The predicted octanol–water partition coefficient (Wildman–Crippen LogP) is 2.20. The molecule has 0 saturated carbocycles. The minimum absolute atomic E-state index is 0.0568. The van der Waals surface area contributed by atoms with Gasteiger partial charge in [-0.15, -0.1) is 0 Å². The number of hydrogen-bond acceptors (Lipinski definition) is 2. The SMILES string of the molecule is CNC(C)C(=O)Cc1cc(Cl)ccc1F. The van der Waals surface area contributed by atoms with Crippen molar-refractivity contribution in [3.05, 3.63) is 34.6 Å². The number of hydrogen-bond donors (Lipinski definition) is 1. The number of carbonyl (C=O) groups is 1. The fraction of sp³-hybridized carbons (Fsp3) is 0.364. The number of carbonyl (C=O) groups excluding carboxylic acids is 1. The van der Waals surface area contributed by atoms with Gasteiger partial charge in [-0.3, -0.25) is 4.79 Å². The highest BCUT2D eigenvalue weighted by Gasteiger charge is 2.13. The molecule has 1 rings (SSSR count). The zero-order valence-corrected chi connectivity index (χ0v) is 9.44. The lowest BCUT2D eigenvalue weighted by Gasteiger charge is -2.09. The summed E-state index contributed by atoms with van der Waals surface area (Å²) in [5, 5.41) is 3.26. The standard InChI is InChI=1S/C11H13ClFNO/c1-7(14-2)11(15)6-8-5-9(12)3-4-10(8)13/h3-5,7,14H,6H2,1-2H3. The molecule has 0 spiro atoms. The molecule has 0 saturated heterocycles. The number of Topliss-reactive ketones (excluding diaryl/α,β-unsaturated/α-hetero) is 1. The fourth-order valence-corrected chi connectivity index (χ4v) is 1.38. The normalized spacial score (nSPS) is 12.5. The molecule has 1 N–H and O–H groups in total. The van der Waals surface area contributed by atoms with Crippen LogP contribution in [0.3, 0.4) is 0 Å². The summed E-state index contributed by atoms with van der Waals surface area (Å²) in [4.78, 5) is 11.5. The maximum atomic E-state index is 13.3. The quantitative estimate of drug-likeness (QED) is 0.858. The van der Waals surface area contributed by atoms with Gasteiger partial charge in [0.2, 0.25) is 0 Å². The highest BCUT2D eigenvalue weighted by atomic mass is 35.5. The Morgan fingerprint density at radius 3 is 2.87 bits per heavy atom. The number of nitrogens with one attached hydrogen (secondary N) is 1. The Morgan fingerprint density at radius 2 is 2.27 bits per heavy atom. The lowest BCUT2D eigenvalue weighted by atomic mass is 10.0. The smallest absolute Gasteiger partial charge is 0.153 e. The van der Waals surface area contributed by atoms with Crippen LogP contribution in [0, 0.1) is 5.82 Å². The van der Waals surface area contributed by atoms with Gasteiger partial charge in [0.05, 0.1) is 6.04 Å². The predicted molar refractivity (Wildman–Crippen MR) is 58.6 cm³/mol. The Labute approximate surface area is 93.4 Å². The van der Waals surface area contributed by atoms with E-state index in [1.807, 2.05) is 0 Å². The van der Waals surface area contributed by atoms with E-state index in [1.54, 1.807) is 14.0 Å². The van der Waals surface area contributed by atoms with Crippen LogP contribution >= 0.6 is 11.6 Å². The van der Waals surface area contributed by atoms with E-state index in [-0.39, 0.29) is 18.2 Å². The molecule has 1 aromatic rings. The molecule has 15 heavy (non-hydrogen) atoms. The summed E-state index contributed by atoms with van der Waals surface area (Å²) in [5.41, 5.74) is 0.342. The first-order valence-electron chi connectivity index (χ1n) is 4.68. The minimum Gasteiger partial charge on any atom is -0.311 e. The lowest BCUT2D eigenvalue weighted by Crippen LogP contribution is -2.32. The Kier molecular flexibility index (Phi) is 4.24. The molecule has 0 heterocycles. The monoisotopic (exact) mass is 229 g/mol. The second-order valence-electron chi connectivity index (χ2n) is 3.39. The van der Waals surface area contributed by atoms with E-state index in [4.69, 9.17) is 11.6 Å². The van der Waals surface area contributed by atoms with Crippen LogP contribution in [-0.4, -0.2) is 18.9 Å². The zero-order valence-electron chi connectivity index (χ0n) is 8.68. The summed E-state index contributed by atoms with van der Waals surface area (Å²) >= 11 is 5.72. The van der Waals surface area contributed by atoms with Crippen LogP contribution in [0.5, 0.6) is 0 Å². The molecule has 0 bridgehead atoms. The Hall–Kier alpha value is -0.930. The van der Waals surface area contributed by atoms with Crippen LogP contribution in [-0.2, 0) is 11.2 Å². The van der Waals surface area contributed by atoms with Crippen LogP contribution in [0.25, 0.3) is 0 Å². The van der Waals surface area contributed by atoms with Crippen LogP contribution in [0.1, 0.15) is 12.5 Å². The van der Waals surface area contributed by atoms with E-state index in [9.17, 15) is 9.18 Å². The molecule has 2 nitrogen and oxygen atoms in total. The first kappa shape index (κ1) is 12.1. The van der Waals surface area contributed by atoms with Gasteiger partial charge in [0.15, 0.2) is 5.78 Å². The van der Waals surface area contributed by atoms with Crippen LogP contribution in [0.2, 0.25) is 5.02 Å². The Bertz CT molecular complexity index is 368. The van der Waals surface area contributed by atoms with E-state index in [0.29, 0.717) is 10.6 Å². The topological polar surface area (TPSA) is 29.1 Å². The average Bonchev–Trinajstić information content (AvgIpc) is 2.22. The third-order valence-electron chi connectivity index (χ3n) is 2.29. The summed E-state index contributed by atoms with van der Waals surface area (Å²) in [6.07, 6.45) is 0.0639. The molecule has 0 amide bonds. The maximum Gasteiger partial charge on any atom is 0.153 e. The molecular weight excluding hydrogens is 217 g/mol. The molecule has 1 unspecified atom stereocenters. The molecule has 0 fully saturated rings. The second kappa shape index (κ2) is 5.24. The van der Waals surface area contributed by atoms with Crippen molar-refractivity contribution in [2.45, 2.75) is 19.4 Å². The van der Waals surface area contributed by atoms with Crippen LogP contribution < -0.4 is 5.32 Å². The summed E-state index contributed by atoms with van der Waals surface area (Å²) in [7, 11) is 1.69. The summed E-state index contributed by atoms with van der Waals surface area (Å²) in [6.45, 7) is 1.74. The Morgan fingerprint density at radius 1 is 1.60 bits per heavy atom. The summed E-state index contributed by atoms with van der Waals surface area (Å²) in [6, 6.07) is 3.95. The molecular formula is C11H13ClFNO. The van der Waals surface area contributed by atoms with E-state index in [0.717, 1.165) is 0 Å². The summed E-state index contributed by atoms with van der Waals surface area (Å²) in [5.74, 6) is -0.449. The van der Waals surface area contributed by atoms with Gasteiger partial charge < -0.3 is 5.32 Å². The molecule has 1 atom stereocenters. The molecule has 0 aromatic heterocycles. The van der Waals surface area contributed by atoms with Crippen molar-refractivity contribution in [1.82, 2.24) is 5.32 Å². The summed E-state index contributed by atoms with van der Waals surface area (Å²) < 4.78 is 13.3. The lowest BCUT2D eigenvalue weighted by molar-refractivity contribution is -0.119. The van der Waals surface area contributed by atoms with Gasteiger partial charge in [-0.25, -0.2) is 4.39 Å². The van der Waals surface area contributed by atoms with Crippen LogP contribution in [0.4, 0.5) is 4.39 Å². The molecule has 82 valence electrons. The van der Waals surface area contributed by atoms with Crippen molar-refractivity contribution in [2.75, 3.05) is 7.05 Å². The first-order valence-corrected chi connectivity index (χ1v) is 5.06. The number of ketones is 1. The van der Waals surface area contributed by atoms with Gasteiger partial charge >= 0.3 is 0 Å². The van der Waals surface area contributed by atoms with Crippen LogP contribution in [0.15, 0.2) is 18.2 Å². The van der Waals surface area contributed by atoms with Crippen molar-refractivity contribution >= 4 is 17.4 Å². The van der Waals surface area contributed by atoms with Gasteiger partial charge in [-0.05, 0) is 37.7 Å². The van der Waals surface area contributed by atoms with Gasteiger partial charge in [0, 0.05) is 11.4 Å². The third kappa shape index (κ3) is 3.29. The minimum atomic E-state index is -0.393. The van der Waals surface area contributed by atoms with Crippen molar-refractivity contribution in [3.63, 3.8) is 0 Å². The molecule has 1 aromatic carbocycles. The van der Waals surface area contributed by atoms with Crippen molar-refractivity contribution in [2.24, 2.45) is 0 Å². The number of benzene rings is 1. The van der Waals surface area contributed by atoms with E-state index in [1.165, 1.54) is 18.2 Å². The van der Waals surface area contributed by atoms with Crippen molar-refractivity contribution in [1.29, 1.82) is 0 Å². The number of halogens is 2. The molecule has 0 aliphatic carbocycles. The molecule has 4 heteroatoms. The zero-order chi connectivity index (χ0) is 11.4. The van der Waals surface area contributed by atoms with Crippen molar-refractivity contribution < 1.29 is 9.18 Å². The molecule has 0 aliphatic rings. The average molecular weight is 230 g/mol. The van der Waals surface area contributed by atoms with Crippen molar-refractivity contribution in [3.8, 4) is 0 Å². The first-order chi connectivity index (χ1) is 7.04. The van der Waals surface area contributed by atoms with Gasteiger partial charge in [-0.2, -0.15) is 0 Å². The fourth-order valence-electron chi connectivity index (χ4n) is 1.18. The maximum absolute atomic E-state index is 13.3. The molecule has 0 aliphatic heterocycles. The molecule has 0 radical (unpaired) electrons. The van der Waals surface area contributed by atoms with E-state index in [2.05, 4.69) is 5.32 Å². The third-order valence-corrected chi connectivity index (χ3v) is 2.52. The van der Waals surface area contributed by atoms with Gasteiger partial charge in [-0.1, -0.05) is 11.6 Å². The van der Waals surface area contributed by atoms with E-state index >= 15 is 0 Å².